The summed E-state index contributed by atoms with van der Waals surface area (Å²) >= 11 is 0. The zero-order valence-electron chi connectivity index (χ0n) is 14.9. The third-order valence-electron chi connectivity index (χ3n) is 4.59. The van der Waals surface area contributed by atoms with Crippen LogP contribution in [0.1, 0.15) is 62.8 Å². The quantitative estimate of drug-likeness (QED) is 0.783. The van der Waals surface area contributed by atoms with Crippen molar-refractivity contribution in [1.82, 2.24) is 4.72 Å². The maximum Gasteiger partial charge on any atom is 0.241 e. The highest BCUT2D eigenvalue weighted by Gasteiger charge is 2.18. The van der Waals surface area contributed by atoms with Crippen LogP contribution in [0.4, 0.5) is 0 Å². The van der Waals surface area contributed by atoms with E-state index in [1.165, 1.54) is 11.1 Å². The van der Waals surface area contributed by atoms with Gasteiger partial charge in [-0.1, -0.05) is 57.2 Å². The summed E-state index contributed by atoms with van der Waals surface area (Å²) in [5, 5.41) is 0. The first-order valence-electron chi connectivity index (χ1n) is 8.58. The lowest BCUT2D eigenvalue weighted by molar-refractivity contribution is 0.567. The first-order chi connectivity index (χ1) is 11.4. The van der Waals surface area contributed by atoms with E-state index in [0.29, 0.717) is 10.8 Å². The number of rotatable bonds is 7. The van der Waals surface area contributed by atoms with Gasteiger partial charge in [0.1, 0.15) is 0 Å². The third kappa shape index (κ3) is 4.46. The molecule has 0 amide bonds. The van der Waals surface area contributed by atoms with Gasteiger partial charge in [-0.25, -0.2) is 13.1 Å². The van der Waals surface area contributed by atoms with E-state index >= 15 is 0 Å². The number of sulfonamides is 1. The standard InChI is InChI=1S/C20H27NO2S/c1-5-15(3)18-11-13-20(14-12-18)24(22,23)21-16(4)19-9-7-17(6-2)8-10-19/h7-16,21H,5-6H2,1-4H3. The van der Waals surface area contributed by atoms with Crippen molar-refractivity contribution in [1.29, 1.82) is 0 Å². The second-order valence-corrected chi connectivity index (χ2v) is 8.03. The van der Waals surface area contributed by atoms with Crippen molar-refractivity contribution in [3.8, 4) is 0 Å². The Morgan fingerprint density at radius 3 is 1.92 bits per heavy atom. The van der Waals surface area contributed by atoms with E-state index in [0.717, 1.165) is 18.4 Å². The van der Waals surface area contributed by atoms with Gasteiger partial charge in [0.15, 0.2) is 0 Å². The third-order valence-corrected chi connectivity index (χ3v) is 6.15. The topological polar surface area (TPSA) is 46.2 Å². The van der Waals surface area contributed by atoms with Gasteiger partial charge in [-0.15, -0.1) is 0 Å². The van der Waals surface area contributed by atoms with Crippen molar-refractivity contribution in [3.05, 3.63) is 65.2 Å². The molecule has 0 aromatic heterocycles. The average molecular weight is 346 g/mol. The summed E-state index contributed by atoms with van der Waals surface area (Å²) in [6.45, 7) is 8.24. The molecule has 4 heteroatoms. The van der Waals surface area contributed by atoms with E-state index in [1.807, 2.05) is 43.3 Å². The second kappa shape index (κ2) is 7.95. The highest BCUT2D eigenvalue weighted by atomic mass is 32.2. The Morgan fingerprint density at radius 1 is 0.875 bits per heavy atom. The van der Waals surface area contributed by atoms with Crippen LogP contribution >= 0.6 is 0 Å². The van der Waals surface area contributed by atoms with Crippen molar-refractivity contribution in [2.24, 2.45) is 0 Å². The zero-order valence-corrected chi connectivity index (χ0v) is 15.7. The molecule has 0 fully saturated rings. The lowest BCUT2D eigenvalue weighted by atomic mass is 9.99. The van der Waals surface area contributed by atoms with E-state index in [2.05, 4.69) is 25.5 Å². The van der Waals surface area contributed by atoms with Crippen LogP contribution < -0.4 is 4.72 Å². The van der Waals surface area contributed by atoms with Crippen molar-refractivity contribution in [2.45, 2.75) is 57.4 Å². The molecule has 2 unspecified atom stereocenters. The first-order valence-corrected chi connectivity index (χ1v) is 10.1. The summed E-state index contributed by atoms with van der Waals surface area (Å²) in [5.74, 6) is 0.436. The van der Waals surface area contributed by atoms with E-state index < -0.39 is 10.0 Å². The fraction of sp³-hybridized carbons (Fsp3) is 0.400. The van der Waals surface area contributed by atoms with Crippen LogP contribution in [-0.4, -0.2) is 8.42 Å². The van der Waals surface area contributed by atoms with Gasteiger partial charge in [-0.2, -0.15) is 0 Å². The van der Waals surface area contributed by atoms with Gasteiger partial charge in [0.25, 0.3) is 0 Å². The SMILES string of the molecule is CCc1ccc(C(C)NS(=O)(=O)c2ccc(C(C)CC)cc2)cc1. The molecule has 0 spiro atoms. The van der Waals surface area contributed by atoms with Crippen LogP contribution in [0.25, 0.3) is 0 Å². The normalized spacial score (nSPS) is 14.3. The molecule has 1 N–H and O–H groups in total. The Labute approximate surface area is 146 Å². The molecule has 3 nitrogen and oxygen atoms in total. The minimum atomic E-state index is -3.52. The molecule has 24 heavy (non-hydrogen) atoms. The Bertz CT molecular complexity index is 749. The lowest BCUT2D eigenvalue weighted by Crippen LogP contribution is -2.26. The first kappa shape index (κ1) is 18.7. The molecule has 0 aliphatic heterocycles. The van der Waals surface area contributed by atoms with Gasteiger partial charge >= 0.3 is 0 Å². The predicted molar refractivity (Wildman–Crippen MR) is 99.7 cm³/mol. The molecule has 0 aliphatic carbocycles. The van der Waals surface area contributed by atoms with Gasteiger partial charge in [0, 0.05) is 6.04 Å². The van der Waals surface area contributed by atoms with Gasteiger partial charge in [0.05, 0.1) is 4.90 Å². The highest BCUT2D eigenvalue weighted by molar-refractivity contribution is 7.89. The minimum absolute atomic E-state index is 0.268. The van der Waals surface area contributed by atoms with Crippen LogP contribution in [0.3, 0.4) is 0 Å². The molecular weight excluding hydrogens is 318 g/mol. The molecule has 2 aromatic carbocycles. The van der Waals surface area contributed by atoms with Crippen LogP contribution in [0, 0.1) is 0 Å². The molecule has 0 saturated carbocycles. The van der Waals surface area contributed by atoms with Gasteiger partial charge in [-0.05, 0) is 54.5 Å². The molecule has 2 aromatic rings. The Balaban J connectivity index is 2.14. The summed E-state index contributed by atoms with van der Waals surface area (Å²) in [4.78, 5) is 0.312. The highest BCUT2D eigenvalue weighted by Crippen LogP contribution is 2.22. The van der Waals surface area contributed by atoms with E-state index in [4.69, 9.17) is 0 Å². The predicted octanol–water partition coefficient (Wildman–Crippen LogP) is 4.80. The zero-order chi connectivity index (χ0) is 17.7. The Morgan fingerprint density at radius 2 is 1.42 bits per heavy atom. The average Bonchev–Trinajstić information content (AvgIpc) is 2.60. The fourth-order valence-electron chi connectivity index (χ4n) is 2.62. The summed E-state index contributed by atoms with van der Waals surface area (Å²) in [6.07, 6.45) is 2.01. The fourth-order valence-corrected chi connectivity index (χ4v) is 3.85. The molecule has 0 aliphatic rings. The van der Waals surface area contributed by atoms with Crippen LogP contribution in [0.15, 0.2) is 53.4 Å². The number of nitrogens with one attached hydrogen (secondary N) is 1. The number of hydrogen-bond acceptors (Lipinski definition) is 2. The molecular formula is C20H27NO2S. The smallest absolute Gasteiger partial charge is 0.207 e. The van der Waals surface area contributed by atoms with E-state index in [1.54, 1.807) is 12.1 Å². The number of benzene rings is 2. The maximum atomic E-state index is 12.6. The van der Waals surface area contributed by atoms with Crippen molar-refractivity contribution < 1.29 is 8.42 Å². The minimum Gasteiger partial charge on any atom is -0.207 e. The monoisotopic (exact) mass is 345 g/mol. The maximum absolute atomic E-state index is 12.6. The summed E-state index contributed by atoms with van der Waals surface area (Å²) in [6, 6.07) is 15.0. The van der Waals surface area contributed by atoms with E-state index in [-0.39, 0.29) is 6.04 Å². The van der Waals surface area contributed by atoms with E-state index in [9.17, 15) is 8.42 Å². The molecule has 0 bridgehead atoms. The molecule has 2 rings (SSSR count). The number of aryl methyl sites for hydroxylation is 1. The van der Waals surface area contributed by atoms with Crippen LogP contribution in [0.5, 0.6) is 0 Å². The van der Waals surface area contributed by atoms with Crippen molar-refractivity contribution in [3.63, 3.8) is 0 Å². The second-order valence-electron chi connectivity index (χ2n) is 6.32. The van der Waals surface area contributed by atoms with Crippen molar-refractivity contribution >= 4 is 10.0 Å². The summed E-state index contributed by atoms with van der Waals surface area (Å²) in [7, 11) is -3.52. The molecule has 0 radical (unpaired) electrons. The molecule has 130 valence electrons. The Kier molecular flexibility index (Phi) is 6.19. The van der Waals surface area contributed by atoms with Gasteiger partial charge in [0.2, 0.25) is 10.0 Å². The van der Waals surface area contributed by atoms with Gasteiger partial charge < -0.3 is 0 Å². The van der Waals surface area contributed by atoms with Crippen LogP contribution in [-0.2, 0) is 16.4 Å². The summed E-state index contributed by atoms with van der Waals surface area (Å²) < 4.78 is 27.9. The number of hydrogen-bond donors (Lipinski definition) is 1. The summed E-state index contributed by atoms with van der Waals surface area (Å²) in [5.41, 5.74) is 3.38. The largest absolute Gasteiger partial charge is 0.241 e. The molecule has 0 heterocycles. The van der Waals surface area contributed by atoms with Gasteiger partial charge in [-0.3, -0.25) is 0 Å². The molecule has 0 saturated heterocycles. The lowest BCUT2D eigenvalue weighted by Gasteiger charge is -2.16. The Hall–Kier alpha value is -1.65. The van der Waals surface area contributed by atoms with Crippen molar-refractivity contribution in [2.75, 3.05) is 0 Å². The molecule has 2 atom stereocenters. The van der Waals surface area contributed by atoms with Crippen LogP contribution in [0.2, 0.25) is 0 Å².